The molecule has 2 heterocycles. The molecule has 0 aliphatic carbocycles. The van der Waals surface area contributed by atoms with Gasteiger partial charge in [-0.15, -0.1) is 0 Å². The summed E-state index contributed by atoms with van der Waals surface area (Å²) in [7, 11) is 1.46. The summed E-state index contributed by atoms with van der Waals surface area (Å²) in [5.41, 5.74) is 3.56. The van der Waals surface area contributed by atoms with Crippen LogP contribution in [-0.4, -0.2) is 54.0 Å². The van der Waals surface area contributed by atoms with Crippen molar-refractivity contribution in [1.82, 2.24) is 15.4 Å². The van der Waals surface area contributed by atoms with E-state index in [0.29, 0.717) is 23.1 Å². The molecule has 0 spiro atoms. The maximum atomic E-state index is 12.0. The molecule has 29 heavy (non-hydrogen) atoms. The second-order valence-electron chi connectivity index (χ2n) is 6.68. The van der Waals surface area contributed by atoms with Gasteiger partial charge in [-0.1, -0.05) is 6.07 Å². The summed E-state index contributed by atoms with van der Waals surface area (Å²) >= 11 is 0. The first-order valence-corrected chi connectivity index (χ1v) is 9.48. The molecule has 0 saturated carbocycles. The van der Waals surface area contributed by atoms with E-state index in [-0.39, 0.29) is 12.4 Å². The minimum atomic E-state index is -0.445. The number of methoxy groups -OCH3 is 1. The van der Waals surface area contributed by atoms with Gasteiger partial charge in [0.1, 0.15) is 0 Å². The largest absolute Gasteiger partial charge is 0.504 e. The Bertz CT molecular complexity index is 881. The molecular weight excluding hydrogens is 374 g/mol. The summed E-state index contributed by atoms with van der Waals surface area (Å²) in [6, 6.07) is 6.68. The smallest absolute Gasteiger partial charge is 0.278 e. The maximum absolute atomic E-state index is 12.0. The summed E-state index contributed by atoms with van der Waals surface area (Å²) in [6.07, 6.45) is 4.80. The molecule has 0 bridgehead atoms. The molecule has 1 amide bonds. The number of nitrogens with one attached hydrogen (secondary N) is 1. The van der Waals surface area contributed by atoms with Crippen molar-refractivity contribution in [3.8, 4) is 17.4 Å². The quantitative estimate of drug-likeness (QED) is 0.541. The molecule has 1 aromatic heterocycles. The molecule has 1 aromatic carbocycles. The predicted molar refractivity (Wildman–Crippen MR) is 109 cm³/mol. The third-order valence-corrected chi connectivity index (χ3v) is 4.45. The van der Waals surface area contributed by atoms with E-state index in [1.54, 1.807) is 24.3 Å². The Hall–Kier alpha value is -3.36. The highest BCUT2D eigenvalue weighted by Crippen LogP contribution is 2.27. The number of hydrogen-bond donors (Lipinski definition) is 2. The average molecular weight is 399 g/mol. The van der Waals surface area contributed by atoms with Crippen molar-refractivity contribution in [2.45, 2.75) is 26.2 Å². The number of carbonyl (C=O) groups is 1. The Morgan fingerprint density at radius 2 is 2.10 bits per heavy atom. The number of carbonyl (C=O) groups excluding carboxylic acids is 1. The van der Waals surface area contributed by atoms with E-state index < -0.39 is 5.91 Å². The minimum absolute atomic E-state index is 0.0500. The van der Waals surface area contributed by atoms with Gasteiger partial charge in [-0.25, -0.2) is 10.4 Å². The normalized spacial score (nSPS) is 14.1. The van der Waals surface area contributed by atoms with Gasteiger partial charge in [0.05, 0.1) is 13.3 Å². The number of hydrazone groups is 1. The Balaban J connectivity index is 1.55. The van der Waals surface area contributed by atoms with Gasteiger partial charge < -0.3 is 19.5 Å². The lowest BCUT2D eigenvalue weighted by Crippen LogP contribution is -2.31. The van der Waals surface area contributed by atoms with E-state index >= 15 is 0 Å². The summed E-state index contributed by atoms with van der Waals surface area (Å²) < 4.78 is 10.5. The molecule has 9 heteroatoms. The lowest BCUT2D eigenvalue weighted by Gasteiger charge is -2.26. The van der Waals surface area contributed by atoms with Gasteiger partial charge in [-0.2, -0.15) is 10.1 Å². The van der Waals surface area contributed by atoms with Crippen LogP contribution < -0.4 is 19.8 Å². The number of hydrogen-bond acceptors (Lipinski definition) is 8. The molecular formula is C20H25N5O4. The monoisotopic (exact) mass is 399 g/mol. The van der Waals surface area contributed by atoms with Crippen molar-refractivity contribution in [3.05, 3.63) is 35.5 Å². The highest BCUT2D eigenvalue weighted by atomic mass is 16.5. The summed E-state index contributed by atoms with van der Waals surface area (Å²) in [4.78, 5) is 23.0. The van der Waals surface area contributed by atoms with Crippen LogP contribution in [0.3, 0.4) is 0 Å². The number of amides is 1. The predicted octanol–water partition coefficient (Wildman–Crippen LogP) is 2.02. The molecule has 2 aromatic rings. The third kappa shape index (κ3) is 5.56. The lowest BCUT2D eigenvalue weighted by molar-refractivity contribution is -0.123. The fraction of sp³-hybridized carbons (Fsp3) is 0.400. The number of aryl methyl sites for hydroxylation is 1. The summed E-state index contributed by atoms with van der Waals surface area (Å²) in [5, 5.41) is 13.8. The zero-order valence-corrected chi connectivity index (χ0v) is 16.6. The van der Waals surface area contributed by atoms with Crippen LogP contribution in [0.15, 0.2) is 29.4 Å². The minimum Gasteiger partial charge on any atom is -0.504 e. The molecule has 0 atom stereocenters. The number of phenolic OH excluding ortho intramolecular Hbond substituents is 1. The van der Waals surface area contributed by atoms with Crippen molar-refractivity contribution in [1.29, 1.82) is 0 Å². The molecule has 1 fully saturated rings. The standard InChI is InChI=1S/C20H25N5O4/c1-14-11-18(23-20(22-14)25-9-4-3-5-10-25)29-13-17(26)24-21-12-15-7-6-8-16(28-2)19(15)27/h6-8,11-12,27H,3-5,9-10,13H2,1-2H3,(H,24,26). The van der Waals surface area contributed by atoms with Crippen LogP contribution in [-0.2, 0) is 4.79 Å². The summed E-state index contributed by atoms with van der Waals surface area (Å²) in [5.74, 6) is 0.812. The van der Waals surface area contributed by atoms with Gasteiger partial charge in [-0.3, -0.25) is 4.79 Å². The van der Waals surface area contributed by atoms with E-state index in [2.05, 4.69) is 25.4 Å². The molecule has 1 aliphatic rings. The van der Waals surface area contributed by atoms with Gasteiger partial charge in [-0.05, 0) is 38.3 Å². The fourth-order valence-corrected chi connectivity index (χ4v) is 2.99. The molecule has 0 unspecified atom stereocenters. The number of benzene rings is 1. The number of aromatic nitrogens is 2. The fourth-order valence-electron chi connectivity index (χ4n) is 2.99. The Morgan fingerprint density at radius 3 is 2.86 bits per heavy atom. The number of aromatic hydroxyl groups is 1. The van der Waals surface area contributed by atoms with E-state index in [9.17, 15) is 9.90 Å². The van der Waals surface area contributed by atoms with Crippen LogP contribution >= 0.6 is 0 Å². The number of nitrogens with zero attached hydrogens (tertiary/aromatic N) is 4. The molecule has 3 rings (SSSR count). The molecule has 1 aliphatic heterocycles. The van der Waals surface area contributed by atoms with Crippen LogP contribution in [0.25, 0.3) is 0 Å². The van der Waals surface area contributed by atoms with E-state index in [1.165, 1.54) is 19.7 Å². The Morgan fingerprint density at radius 1 is 1.31 bits per heavy atom. The van der Waals surface area contributed by atoms with Gasteiger partial charge in [0, 0.05) is 30.4 Å². The second-order valence-corrected chi connectivity index (χ2v) is 6.68. The molecule has 2 N–H and O–H groups in total. The molecule has 1 saturated heterocycles. The Kier molecular flexibility index (Phi) is 6.83. The van der Waals surface area contributed by atoms with Crippen molar-refractivity contribution >= 4 is 18.1 Å². The molecule has 9 nitrogen and oxygen atoms in total. The third-order valence-electron chi connectivity index (χ3n) is 4.45. The zero-order chi connectivity index (χ0) is 20.6. The van der Waals surface area contributed by atoms with Gasteiger partial charge in [0.15, 0.2) is 18.1 Å². The first-order valence-electron chi connectivity index (χ1n) is 9.48. The van der Waals surface area contributed by atoms with E-state index in [4.69, 9.17) is 9.47 Å². The van der Waals surface area contributed by atoms with Crippen LogP contribution in [0.2, 0.25) is 0 Å². The number of para-hydroxylation sites is 1. The number of ether oxygens (including phenoxy) is 2. The zero-order valence-electron chi connectivity index (χ0n) is 16.6. The van der Waals surface area contributed by atoms with Crippen molar-refractivity contribution in [2.75, 3.05) is 31.7 Å². The topological polar surface area (TPSA) is 109 Å². The molecule has 0 radical (unpaired) electrons. The van der Waals surface area contributed by atoms with E-state index in [1.807, 2.05) is 6.92 Å². The van der Waals surface area contributed by atoms with Crippen molar-refractivity contribution in [2.24, 2.45) is 5.10 Å². The first-order chi connectivity index (χ1) is 14.1. The van der Waals surface area contributed by atoms with Gasteiger partial charge >= 0.3 is 0 Å². The van der Waals surface area contributed by atoms with Crippen LogP contribution in [0.5, 0.6) is 17.4 Å². The van der Waals surface area contributed by atoms with Crippen LogP contribution in [0, 0.1) is 6.92 Å². The van der Waals surface area contributed by atoms with Crippen molar-refractivity contribution in [3.63, 3.8) is 0 Å². The highest BCUT2D eigenvalue weighted by molar-refractivity contribution is 5.86. The number of piperidine rings is 1. The Labute approximate surface area is 169 Å². The van der Waals surface area contributed by atoms with Crippen LogP contribution in [0.4, 0.5) is 5.95 Å². The maximum Gasteiger partial charge on any atom is 0.278 e. The van der Waals surface area contributed by atoms with Crippen molar-refractivity contribution < 1.29 is 19.4 Å². The second kappa shape index (κ2) is 9.72. The first kappa shape index (κ1) is 20.4. The number of phenols is 1. The van der Waals surface area contributed by atoms with Gasteiger partial charge in [0.25, 0.3) is 5.91 Å². The highest BCUT2D eigenvalue weighted by Gasteiger charge is 2.15. The SMILES string of the molecule is COc1cccc(C=NNC(=O)COc2cc(C)nc(N3CCCCC3)n2)c1O. The average Bonchev–Trinajstić information content (AvgIpc) is 2.74. The van der Waals surface area contributed by atoms with Gasteiger partial charge in [0.2, 0.25) is 11.8 Å². The lowest BCUT2D eigenvalue weighted by atomic mass is 10.1. The van der Waals surface area contributed by atoms with Crippen LogP contribution in [0.1, 0.15) is 30.5 Å². The number of rotatable bonds is 7. The van der Waals surface area contributed by atoms with E-state index in [0.717, 1.165) is 31.6 Å². The summed E-state index contributed by atoms with van der Waals surface area (Å²) in [6.45, 7) is 3.48. The molecule has 154 valence electrons. The number of anilines is 1.